The Labute approximate surface area is 122 Å². The first kappa shape index (κ1) is 16.6. The molecule has 0 aliphatic heterocycles. The molecule has 19 heavy (non-hydrogen) atoms. The van der Waals surface area contributed by atoms with Gasteiger partial charge in [0.05, 0.1) is 4.90 Å². The highest BCUT2D eigenvalue weighted by atomic mass is 79.9. The van der Waals surface area contributed by atoms with E-state index in [4.69, 9.17) is 0 Å². The van der Waals surface area contributed by atoms with Crippen molar-refractivity contribution >= 4 is 26.0 Å². The van der Waals surface area contributed by atoms with Crippen LogP contribution in [0.3, 0.4) is 0 Å². The fraction of sp³-hybridized carbons (Fsp3) is 0.538. The molecule has 0 amide bonds. The molecule has 1 unspecified atom stereocenters. The number of nitrogens with one attached hydrogen (secondary N) is 1. The standard InChI is InChI=1S/C13H19BrFNO2S/c1-9(2)6-12(8-14)16-19(17,18)13-5-4-11(15)7-10(13)3/h4-5,7,9,12,16H,6,8H2,1-3H3. The fourth-order valence-electron chi connectivity index (χ4n) is 1.91. The summed E-state index contributed by atoms with van der Waals surface area (Å²) in [6.07, 6.45) is 0.741. The molecule has 1 atom stereocenters. The van der Waals surface area contributed by atoms with Crippen LogP contribution in [0.2, 0.25) is 0 Å². The lowest BCUT2D eigenvalue weighted by molar-refractivity contribution is 0.488. The minimum absolute atomic E-state index is 0.128. The number of benzene rings is 1. The molecule has 0 spiro atoms. The van der Waals surface area contributed by atoms with Crippen molar-refractivity contribution in [2.45, 2.75) is 38.1 Å². The zero-order valence-electron chi connectivity index (χ0n) is 11.3. The van der Waals surface area contributed by atoms with Crippen molar-refractivity contribution in [1.29, 1.82) is 0 Å². The van der Waals surface area contributed by atoms with E-state index < -0.39 is 15.8 Å². The molecule has 0 saturated carbocycles. The summed E-state index contributed by atoms with van der Waals surface area (Å²) in [7, 11) is -3.61. The Morgan fingerprint density at radius 3 is 2.47 bits per heavy atom. The molecular weight excluding hydrogens is 333 g/mol. The lowest BCUT2D eigenvalue weighted by Crippen LogP contribution is -2.37. The molecule has 0 radical (unpaired) electrons. The average molecular weight is 352 g/mol. The number of hydrogen-bond acceptors (Lipinski definition) is 2. The molecule has 108 valence electrons. The Hall–Kier alpha value is -0.460. The Bertz CT molecular complexity index is 531. The van der Waals surface area contributed by atoms with Gasteiger partial charge in [0.1, 0.15) is 5.82 Å². The first-order valence-electron chi connectivity index (χ1n) is 6.10. The average Bonchev–Trinajstić information content (AvgIpc) is 2.26. The van der Waals surface area contributed by atoms with Crippen molar-refractivity contribution in [1.82, 2.24) is 4.72 Å². The topological polar surface area (TPSA) is 46.2 Å². The third-order valence-electron chi connectivity index (χ3n) is 2.69. The van der Waals surface area contributed by atoms with E-state index in [-0.39, 0.29) is 10.9 Å². The molecule has 0 aliphatic carbocycles. The zero-order valence-corrected chi connectivity index (χ0v) is 13.7. The molecule has 1 rings (SSSR count). The van der Waals surface area contributed by atoms with Crippen LogP contribution >= 0.6 is 15.9 Å². The lowest BCUT2D eigenvalue weighted by Gasteiger charge is -2.19. The summed E-state index contributed by atoms with van der Waals surface area (Å²) in [5, 5.41) is 0.546. The highest BCUT2D eigenvalue weighted by Crippen LogP contribution is 2.18. The van der Waals surface area contributed by atoms with Crippen LogP contribution in [-0.4, -0.2) is 19.8 Å². The first-order valence-corrected chi connectivity index (χ1v) is 8.71. The van der Waals surface area contributed by atoms with Gasteiger partial charge in [-0.15, -0.1) is 0 Å². The molecule has 1 N–H and O–H groups in total. The van der Waals surface area contributed by atoms with Gasteiger partial charge < -0.3 is 0 Å². The van der Waals surface area contributed by atoms with Gasteiger partial charge in [-0.25, -0.2) is 17.5 Å². The van der Waals surface area contributed by atoms with Gasteiger partial charge >= 0.3 is 0 Å². The Balaban J connectivity index is 2.97. The summed E-state index contributed by atoms with van der Waals surface area (Å²) < 4.78 is 40.2. The maximum absolute atomic E-state index is 13.0. The highest BCUT2D eigenvalue weighted by Gasteiger charge is 2.22. The summed E-state index contributed by atoms with van der Waals surface area (Å²) >= 11 is 3.31. The van der Waals surface area contributed by atoms with E-state index in [9.17, 15) is 12.8 Å². The molecule has 6 heteroatoms. The van der Waals surface area contributed by atoms with Crippen LogP contribution in [-0.2, 0) is 10.0 Å². The Morgan fingerprint density at radius 1 is 1.37 bits per heavy atom. The smallest absolute Gasteiger partial charge is 0.207 e. The summed E-state index contributed by atoms with van der Waals surface area (Å²) in [6.45, 7) is 5.66. The van der Waals surface area contributed by atoms with Gasteiger partial charge in [0.25, 0.3) is 0 Å². The van der Waals surface area contributed by atoms with Crippen LogP contribution in [0.1, 0.15) is 25.8 Å². The molecule has 0 heterocycles. The minimum atomic E-state index is -3.61. The van der Waals surface area contributed by atoms with Crippen molar-refractivity contribution < 1.29 is 12.8 Å². The van der Waals surface area contributed by atoms with Gasteiger partial charge in [0, 0.05) is 11.4 Å². The summed E-state index contributed by atoms with van der Waals surface area (Å²) in [6, 6.07) is 3.51. The van der Waals surface area contributed by atoms with Crippen LogP contribution in [0.5, 0.6) is 0 Å². The molecule has 1 aromatic carbocycles. The van der Waals surface area contributed by atoms with Crippen LogP contribution in [0.25, 0.3) is 0 Å². The van der Waals surface area contributed by atoms with Crippen LogP contribution in [0.4, 0.5) is 4.39 Å². The van der Waals surface area contributed by atoms with Gasteiger partial charge in [-0.05, 0) is 43.0 Å². The van der Waals surface area contributed by atoms with Crippen LogP contribution in [0.15, 0.2) is 23.1 Å². The Kier molecular flexibility index (Phi) is 5.95. The number of rotatable bonds is 6. The zero-order chi connectivity index (χ0) is 14.6. The minimum Gasteiger partial charge on any atom is -0.207 e. The van der Waals surface area contributed by atoms with Gasteiger partial charge in [0.2, 0.25) is 10.0 Å². The summed E-state index contributed by atoms with van der Waals surface area (Å²) in [5.74, 6) is -0.0461. The van der Waals surface area contributed by atoms with Crippen LogP contribution < -0.4 is 4.72 Å². The van der Waals surface area contributed by atoms with Gasteiger partial charge in [-0.1, -0.05) is 29.8 Å². The van der Waals surface area contributed by atoms with E-state index >= 15 is 0 Å². The van der Waals surface area contributed by atoms with Gasteiger partial charge in [-0.3, -0.25) is 0 Å². The summed E-state index contributed by atoms with van der Waals surface area (Å²) in [4.78, 5) is 0.128. The second kappa shape index (κ2) is 6.81. The molecule has 3 nitrogen and oxygen atoms in total. The largest absolute Gasteiger partial charge is 0.241 e. The SMILES string of the molecule is Cc1cc(F)ccc1S(=O)(=O)NC(CBr)CC(C)C. The van der Waals surface area contributed by atoms with E-state index in [0.29, 0.717) is 16.8 Å². The van der Waals surface area contributed by atoms with Crippen molar-refractivity contribution in [2.75, 3.05) is 5.33 Å². The monoisotopic (exact) mass is 351 g/mol. The second-order valence-corrected chi connectivity index (χ2v) is 7.34. The summed E-state index contributed by atoms with van der Waals surface area (Å²) in [5.41, 5.74) is 0.408. The normalized spacial score (nSPS) is 13.8. The third kappa shape index (κ3) is 4.85. The lowest BCUT2D eigenvalue weighted by atomic mass is 10.1. The van der Waals surface area contributed by atoms with Crippen LogP contribution in [0, 0.1) is 18.7 Å². The number of aryl methyl sites for hydroxylation is 1. The van der Waals surface area contributed by atoms with Gasteiger partial charge in [-0.2, -0.15) is 0 Å². The number of sulfonamides is 1. The highest BCUT2D eigenvalue weighted by molar-refractivity contribution is 9.09. The van der Waals surface area contributed by atoms with E-state index in [1.54, 1.807) is 6.92 Å². The van der Waals surface area contributed by atoms with E-state index in [0.717, 1.165) is 12.5 Å². The van der Waals surface area contributed by atoms with E-state index in [2.05, 4.69) is 20.7 Å². The molecule has 0 aliphatic rings. The third-order valence-corrected chi connectivity index (χ3v) is 5.15. The Morgan fingerprint density at radius 2 is 2.00 bits per heavy atom. The predicted molar refractivity (Wildman–Crippen MR) is 78.5 cm³/mol. The van der Waals surface area contributed by atoms with Crippen molar-refractivity contribution in [3.63, 3.8) is 0 Å². The number of alkyl halides is 1. The van der Waals surface area contributed by atoms with Crippen molar-refractivity contribution in [3.05, 3.63) is 29.6 Å². The second-order valence-electron chi connectivity index (χ2n) is 5.01. The molecule has 0 bridgehead atoms. The maximum Gasteiger partial charge on any atom is 0.241 e. The van der Waals surface area contributed by atoms with E-state index in [1.807, 2.05) is 13.8 Å². The maximum atomic E-state index is 13.0. The van der Waals surface area contributed by atoms with Crippen molar-refractivity contribution in [3.8, 4) is 0 Å². The number of halogens is 2. The first-order chi connectivity index (χ1) is 8.76. The quantitative estimate of drug-likeness (QED) is 0.799. The predicted octanol–water partition coefficient (Wildman–Crippen LogP) is 3.22. The van der Waals surface area contributed by atoms with E-state index in [1.165, 1.54) is 12.1 Å². The molecule has 0 saturated heterocycles. The molecule has 0 fully saturated rings. The molecular formula is C13H19BrFNO2S. The molecule has 1 aromatic rings. The van der Waals surface area contributed by atoms with Crippen molar-refractivity contribution in [2.24, 2.45) is 5.92 Å². The molecule has 0 aromatic heterocycles. The fourth-order valence-corrected chi connectivity index (χ4v) is 4.02. The number of hydrogen-bond donors (Lipinski definition) is 1. The van der Waals surface area contributed by atoms with Gasteiger partial charge in [0.15, 0.2) is 0 Å².